The Bertz CT molecular complexity index is 439. The first-order chi connectivity index (χ1) is 9.16. The zero-order chi connectivity index (χ0) is 13.7. The highest BCUT2D eigenvalue weighted by molar-refractivity contribution is 5.80. The number of nitrogens with one attached hydrogen (secondary N) is 1. The van der Waals surface area contributed by atoms with Gasteiger partial charge in [-0.3, -0.25) is 4.79 Å². The fourth-order valence-corrected chi connectivity index (χ4v) is 2.19. The maximum atomic E-state index is 11.7. The number of aryl methyl sites for hydroxylation is 2. The quantitative estimate of drug-likeness (QED) is 0.826. The van der Waals surface area contributed by atoms with Crippen molar-refractivity contribution < 1.29 is 14.3 Å². The molecular formula is C15H21NO3. The molecule has 19 heavy (non-hydrogen) atoms. The van der Waals surface area contributed by atoms with E-state index in [1.807, 2.05) is 19.1 Å². The summed E-state index contributed by atoms with van der Waals surface area (Å²) in [4.78, 5) is 11.7. The lowest BCUT2D eigenvalue weighted by atomic mass is 10.1. The van der Waals surface area contributed by atoms with Crippen molar-refractivity contribution >= 4 is 5.91 Å². The average molecular weight is 263 g/mol. The van der Waals surface area contributed by atoms with Crippen molar-refractivity contribution in [1.29, 1.82) is 0 Å². The van der Waals surface area contributed by atoms with Crippen LogP contribution in [-0.2, 0) is 9.53 Å². The second-order valence-electron chi connectivity index (χ2n) is 4.91. The van der Waals surface area contributed by atoms with Crippen LogP contribution in [0.25, 0.3) is 0 Å². The summed E-state index contributed by atoms with van der Waals surface area (Å²) in [5.41, 5.74) is 2.34. The molecule has 1 atom stereocenters. The molecule has 0 aromatic heterocycles. The van der Waals surface area contributed by atoms with E-state index in [0.717, 1.165) is 24.2 Å². The zero-order valence-electron chi connectivity index (χ0n) is 11.6. The smallest absolute Gasteiger partial charge is 0.249 e. The van der Waals surface area contributed by atoms with Crippen LogP contribution in [0.15, 0.2) is 18.2 Å². The lowest BCUT2D eigenvalue weighted by Gasteiger charge is -2.12. The van der Waals surface area contributed by atoms with E-state index in [-0.39, 0.29) is 12.0 Å². The van der Waals surface area contributed by atoms with Crippen LogP contribution >= 0.6 is 0 Å². The Morgan fingerprint density at radius 1 is 1.47 bits per heavy atom. The third-order valence-corrected chi connectivity index (χ3v) is 3.21. The molecule has 1 aliphatic rings. The van der Waals surface area contributed by atoms with Crippen molar-refractivity contribution in [2.75, 3.05) is 19.8 Å². The molecule has 0 bridgehead atoms. The number of rotatable bonds is 5. The third kappa shape index (κ3) is 3.96. The van der Waals surface area contributed by atoms with E-state index in [9.17, 15) is 4.79 Å². The van der Waals surface area contributed by atoms with Gasteiger partial charge >= 0.3 is 0 Å². The molecule has 1 saturated heterocycles. The lowest BCUT2D eigenvalue weighted by molar-refractivity contribution is -0.130. The predicted molar refractivity (Wildman–Crippen MR) is 73.4 cm³/mol. The monoisotopic (exact) mass is 263 g/mol. The minimum absolute atomic E-state index is 0.0262. The summed E-state index contributed by atoms with van der Waals surface area (Å²) < 4.78 is 11.0. The summed E-state index contributed by atoms with van der Waals surface area (Å²) in [5, 5.41) is 2.84. The predicted octanol–water partition coefficient (Wildman–Crippen LogP) is 1.98. The largest absolute Gasteiger partial charge is 0.491 e. The molecule has 0 spiro atoms. The minimum Gasteiger partial charge on any atom is -0.491 e. The van der Waals surface area contributed by atoms with E-state index in [1.165, 1.54) is 5.56 Å². The van der Waals surface area contributed by atoms with E-state index in [4.69, 9.17) is 9.47 Å². The summed E-state index contributed by atoms with van der Waals surface area (Å²) in [5.74, 6) is 0.846. The standard InChI is InChI=1S/C15H21NO3/c1-11-5-6-13(12(2)10-11)19-9-7-16-15(17)14-4-3-8-18-14/h5-6,10,14H,3-4,7-9H2,1-2H3,(H,16,17). The van der Waals surface area contributed by atoms with Crippen molar-refractivity contribution in [2.24, 2.45) is 0 Å². The van der Waals surface area contributed by atoms with Crippen LogP contribution in [0.2, 0.25) is 0 Å². The van der Waals surface area contributed by atoms with Gasteiger partial charge < -0.3 is 14.8 Å². The maximum Gasteiger partial charge on any atom is 0.249 e. The molecule has 1 heterocycles. The first-order valence-electron chi connectivity index (χ1n) is 6.76. The SMILES string of the molecule is Cc1ccc(OCCNC(=O)C2CCCO2)c(C)c1. The van der Waals surface area contributed by atoms with Crippen LogP contribution in [-0.4, -0.2) is 31.8 Å². The topological polar surface area (TPSA) is 47.6 Å². The van der Waals surface area contributed by atoms with Gasteiger partial charge in [-0.1, -0.05) is 17.7 Å². The Morgan fingerprint density at radius 2 is 2.32 bits per heavy atom. The fourth-order valence-electron chi connectivity index (χ4n) is 2.19. The second kappa shape index (κ2) is 6.57. The van der Waals surface area contributed by atoms with Crippen LogP contribution < -0.4 is 10.1 Å². The molecule has 0 aliphatic carbocycles. The van der Waals surface area contributed by atoms with Gasteiger partial charge in [0.15, 0.2) is 0 Å². The highest BCUT2D eigenvalue weighted by Crippen LogP contribution is 2.18. The number of carbonyl (C=O) groups excluding carboxylic acids is 1. The molecule has 1 aromatic carbocycles. The highest BCUT2D eigenvalue weighted by Gasteiger charge is 2.22. The van der Waals surface area contributed by atoms with Crippen LogP contribution in [0.3, 0.4) is 0 Å². The molecule has 0 saturated carbocycles. The van der Waals surface area contributed by atoms with Gasteiger partial charge in [0.1, 0.15) is 18.5 Å². The Balaban J connectivity index is 1.70. The minimum atomic E-state index is -0.263. The third-order valence-electron chi connectivity index (χ3n) is 3.21. The normalized spacial score (nSPS) is 18.3. The first kappa shape index (κ1) is 13.9. The van der Waals surface area contributed by atoms with Gasteiger partial charge in [-0.05, 0) is 38.3 Å². The van der Waals surface area contributed by atoms with Crippen LogP contribution in [0.1, 0.15) is 24.0 Å². The van der Waals surface area contributed by atoms with Crippen LogP contribution in [0, 0.1) is 13.8 Å². The average Bonchev–Trinajstić information content (AvgIpc) is 2.90. The number of carbonyl (C=O) groups is 1. The Morgan fingerprint density at radius 3 is 3.00 bits per heavy atom. The van der Waals surface area contributed by atoms with Crippen molar-refractivity contribution in [2.45, 2.75) is 32.8 Å². The highest BCUT2D eigenvalue weighted by atomic mass is 16.5. The van der Waals surface area contributed by atoms with E-state index in [1.54, 1.807) is 0 Å². The Hall–Kier alpha value is -1.55. The van der Waals surface area contributed by atoms with Gasteiger partial charge in [-0.25, -0.2) is 0 Å². The zero-order valence-corrected chi connectivity index (χ0v) is 11.6. The molecule has 1 aromatic rings. The number of hydrogen-bond acceptors (Lipinski definition) is 3. The van der Waals surface area contributed by atoms with Gasteiger partial charge in [0, 0.05) is 6.61 Å². The van der Waals surface area contributed by atoms with Crippen molar-refractivity contribution in [3.63, 3.8) is 0 Å². The molecule has 2 rings (SSSR count). The van der Waals surface area contributed by atoms with Gasteiger partial charge in [-0.15, -0.1) is 0 Å². The first-order valence-corrected chi connectivity index (χ1v) is 6.76. The van der Waals surface area contributed by atoms with Gasteiger partial charge in [0.05, 0.1) is 6.54 Å². The maximum absolute atomic E-state index is 11.7. The summed E-state index contributed by atoms with van der Waals surface area (Å²) >= 11 is 0. The van der Waals surface area contributed by atoms with Crippen LogP contribution in [0.5, 0.6) is 5.75 Å². The second-order valence-corrected chi connectivity index (χ2v) is 4.91. The molecule has 104 valence electrons. The molecule has 1 N–H and O–H groups in total. The van der Waals surface area contributed by atoms with E-state index >= 15 is 0 Å². The van der Waals surface area contributed by atoms with Gasteiger partial charge in [0.25, 0.3) is 0 Å². The summed E-state index contributed by atoms with van der Waals surface area (Å²) in [6.45, 7) is 5.75. The van der Waals surface area contributed by atoms with Crippen molar-refractivity contribution in [1.82, 2.24) is 5.32 Å². The molecular weight excluding hydrogens is 242 g/mol. The van der Waals surface area contributed by atoms with Crippen molar-refractivity contribution in [3.05, 3.63) is 29.3 Å². The summed E-state index contributed by atoms with van der Waals surface area (Å²) in [7, 11) is 0. The summed E-state index contributed by atoms with van der Waals surface area (Å²) in [6, 6.07) is 6.07. The number of ether oxygens (including phenoxy) is 2. The number of hydrogen-bond donors (Lipinski definition) is 1. The van der Waals surface area contributed by atoms with E-state index in [0.29, 0.717) is 19.8 Å². The number of benzene rings is 1. The summed E-state index contributed by atoms with van der Waals surface area (Å²) in [6.07, 6.45) is 1.53. The van der Waals surface area contributed by atoms with Gasteiger partial charge in [-0.2, -0.15) is 0 Å². The Labute approximate surface area is 114 Å². The van der Waals surface area contributed by atoms with Gasteiger partial charge in [0.2, 0.25) is 5.91 Å². The molecule has 4 nitrogen and oxygen atoms in total. The van der Waals surface area contributed by atoms with E-state index in [2.05, 4.69) is 18.3 Å². The molecule has 1 unspecified atom stereocenters. The molecule has 1 aliphatic heterocycles. The molecule has 4 heteroatoms. The fraction of sp³-hybridized carbons (Fsp3) is 0.533. The van der Waals surface area contributed by atoms with Crippen LogP contribution in [0.4, 0.5) is 0 Å². The molecule has 1 amide bonds. The Kier molecular flexibility index (Phi) is 4.80. The van der Waals surface area contributed by atoms with Crippen molar-refractivity contribution in [3.8, 4) is 5.75 Å². The number of amides is 1. The lowest BCUT2D eigenvalue weighted by Crippen LogP contribution is -2.36. The van der Waals surface area contributed by atoms with E-state index < -0.39 is 0 Å². The molecule has 1 fully saturated rings. The molecule has 0 radical (unpaired) electrons.